The Balaban J connectivity index is 1.76. The highest BCUT2D eigenvalue weighted by Crippen LogP contribution is 2.42. The third-order valence-electron chi connectivity index (χ3n) is 3.71. The molecule has 19 heavy (non-hydrogen) atoms. The van der Waals surface area contributed by atoms with Crippen molar-refractivity contribution in [2.45, 2.75) is 38.8 Å². The summed E-state index contributed by atoms with van der Waals surface area (Å²) in [5, 5.41) is 17.9. The second-order valence-corrected chi connectivity index (χ2v) is 5.38. The number of tetrazole rings is 1. The number of nitrogens with one attached hydrogen (secondary N) is 2. The molecule has 1 aromatic carbocycles. The minimum atomic E-state index is 0.102. The standard InChI is InChI=1S/C14H19N5/c1-9-3-5-11(6-4-9)13(12-7-8-12)15-10(2)14-16-18-19-17-14/h3-6,10,12-13,15H,7-8H2,1-2H3,(H,16,17,18,19). The van der Waals surface area contributed by atoms with E-state index in [9.17, 15) is 0 Å². The molecule has 1 saturated carbocycles. The molecule has 2 unspecified atom stereocenters. The van der Waals surface area contributed by atoms with E-state index in [1.807, 2.05) is 0 Å². The van der Waals surface area contributed by atoms with Crippen LogP contribution in [0, 0.1) is 12.8 Å². The maximum Gasteiger partial charge on any atom is 0.191 e. The average molecular weight is 257 g/mol. The van der Waals surface area contributed by atoms with Crippen LogP contribution in [-0.4, -0.2) is 20.6 Å². The first-order valence-electron chi connectivity index (χ1n) is 6.80. The van der Waals surface area contributed by atoms with E-state index in [0.717, 1.165) is 11.7 Å². The van der Waals surface area contributed by atoms with Crippen LogP contribution < -0.4 is 5.32 Å². The van der Waals surface area contributed by atoms with Crippen LogP contribution >= 0.6 is 0 Å². The minimum absolute atomic E-state index is 0.102. The summed E-state index contributed by atoms with van der Waals surface area (Å²) in [5.41, 5.74) is 2.65. The van der Waals surface area contributed by atoms with Crippen molar-refractivity contribution in [3.63, 3.8) is 0 Å². The summed E-state index contributed by atoms with van der Waals surface area (Å²) in [4.78, 5) is 0. The summed E-state index contributed by atoms with van der Waals surface area (Å²) in [6.07, 6.45) is 2.59. The van der Waals surface area contributed by atoms with Crippen LogP contribution in [0.1, 0.15) is 48.8 Å². The monoisotopic (exact) mass is 257 g/mol. The fourth-order valence-corrected chi connectivity index (χ4v) is 2.40. The molecule has 2 N–H and O–H groups in total. The molecule has 0 amide bonds. The molecule has 100 valence electrons. The van der Waals surface area contributed by atoms with Gasteiger partial charge < -0.3 is 5.32 Å². The number of benzene rings is 1. The van der Waals surface area contributed by atoms with Gasteiger partial charge in [0.1, 0.15) is 0 Å². The lowest BCUT2D eigenvalue weighted by Crippen LogP contribution is -2.27. The Morgan fingerprint density at radius 1 is 1.26 bits per heavy atom. The molecule has 0 bridgehead atoms. The molecular weight excluding hydrogens is 238 g/mol. The molecule has 2 aromatic rings. The van der Waals surface area contributed by atoms with Gasteiger partial charge >= 0.3 is 0 Å². The van der Waals surface area contributed by atoms with E-state index in [1.165, 1.54) is 24.0 Å². The van der Waals surface area contributed by atoms with Gasteiger partial charge in [-0.15, -0.1) is 10.2 Å². The van der Waals surface area contributed by atoms with Crippen LogP contribution in [0.15, 0.2) is 24.3 Å². The van der Waals surface area contributed by atoms with Gasteiger partial charge in [0.25, 0.3) is 0 Å². The number of hydrogen-bond donors (Lipinski definition) is 2. The maximum absolute atomic E-state index is 4.05. The molecule has 0 aliphatic heterocycles. The average Bonchev–Trinajstić information content (AvgIpc) is 3.10. The molecule has 3 rings (SSSR count). The number of hydrogen-bond acceptors (Lipinski definition) is 4. The summed E-state index contributed by atoms with van der Waals surface area (Å²) in [6.45, 7) is 4.19. The summed E-state index contributed by atoms with van der Waals surface area (Å²) in [5.74, 6) is 1.45. The molecule has 1 aliphatic carbocycles. The van der Waals surface area contributed by atoms with E-state index in [0.29, 0.717) is 6.04 Å². The molecule has 0 radical (unpaired) electrons. The van der Waals surface area contributed by atoms with Gasteiger partial charge in [-0.25, -0.2) is 0 Å². The zero-order valence-electron chi connectivity index (χ0n) is 11.3. The number of nitrogens with zero attached hydrogens (tertiary/aromatic N) is 3. The second kappa shape index (κ2) is 5.09. The number of aromatic nitrogens is 4. The van der Waals surface area contributed by atoms with Gasteiger partial charge in [-0.2, -0.15) is 5.21 Å². The topological polar surface area (TPSA) is 66.5 Å². The van der Waals surface area contributed by atoms with Gasteiger partial charge in [0.05, 0.1) is 6.04 Å². The number of aryl methyl sites for hydroxylation is 1. The summed E-state index contributed by atoms with van der Waals surface area (Å²) < 4.78 is 0. The lowest BCUT2D eigenvalue weighted by Gasteiger charge is -2.22. The quantitative estimate of drug-likeness (QED) is 0.862. The molecule has 2 atom stereocenters. The van der Waals surface area contributed by atoms with Crippen molar-refractivity contribution in [2.75, 3.05) is 0 Å². The van der Waals surface area contributed by atoms with Crippen LogP contribution in [0.25, 0.3) is 0 Å². The van der Waals surface area contributed by atoms with Gasteiger partial charge in [-0.05, 0) is 38.2 Å². The second-order valence-electron chi connectivity index (χ2n) is 5.38. The molecule has 1 aromatic heterocycles. The van der Waals surface area contributed by atoms with Crippen molar-refractivity contribution in [1.29, 1.82) is 0 Å². The van der Waals surface area contributed by atoms with Gasteiger partial charge in [0, 0.05) is 6.04 Å². The van der Waals surface area contributed by atoms with Crippen molar-refractivity contribution < 1.29 is 0 Å². The van der Waals surface area contributed by atoms with E-state index in [1.54, 1.807) is 0 Å². The van der Waals surface area contributed by atoms with E-state index in [2.05, 4.69) is 64.1 Å². The smallest absolute Gasteiger partial charge is 0.191 e. The van der Waals surface area contributed by atoms with Crippen molar-refractivity contribution in [2.24, 2.45) is 5.92 Å². The predicted octanol–water partition coefficient (Wildman–Crippen LogP) is 2.31. The third-order valence-corrected chi connectivity index (χ3v) is 3.71. The number of aromatic amines is 1. The van der Waals surface area contributed by atoms with Crippen LogP contribution in [0.5, 0.6) is 0 Å². The first-order chi connectivity index (χ1) is 9.24. The normalized spacial score (nSPS) is 18.2. The summed E-state index contributed by atoms with van der Waals surface area (Å²) in [7, 11) is 0. The zero-order chi connectivity index (χ0) is 13.2. The van der Waals surface area contributed by atoms with Gasteiger partial charge in [-0.3, -0.25) is 0 Å². The van der Waals surface area contributed by atoms with Crippen molar-refractivity contribution in [3.8, 4) is 0 Å². The van der Waals surface area contributed by atoms with Crippen LogP contribution in [0.4, 0.5) is 0 Å². The minimum Gasteiger partial charge on any atom is -0.300 e. The molecule has 1 fully saturated rings. The highest BCUT2D eigenvalue weighted by Gasteiger charge is 2.33. The highest BCUT2D eigenvalue weighted by molar-refractivity contribution is 5.25. The van der Waals surface area contributed by atoms with Crippen molar-refractivity contribution in [3.05, 3.63) is 41.2 Å². The molecule has 1 aliphatic rings. The van der Waals surface area contributed by atoms with Gasteiger partial charge in [-0.1, -0.05) is 35.0 Å². The Labute approximate surface area is 112 Å². The molecule has 0 spiro atoms. The van der Waals surface area contributed by atoms with E-state index < -0.39 is 0 Å². The molecular formula is C14H19N5. The Morgan fingerprint density at radius 2 is 2.00 bits per heavy atom. The van der Waals surface area contributed by atoms with Crippen LogP contribution in [0.2, 0.25) is 0 Å². The largest absolute Gasteiger partial charge is 0.300 e. The summed E-state index contributed by atoms with van der Waals surface area (Å²) >= 11 is 0. The highest BCUT2D eigenvalue weighted by atomic mass is 15.5. The van der Waals surface area contributed by atoms with Gasteiger partial charge in [0.15, 0.2) is 5.82 Å². The van der Waals surface area contributed by atoms with Crippen LogP contribution in [-0.2, 0) is 0 Å². The Kier molecular flexibility index (Phi) is 3.29. The van der Waals surface area contributed by atoms with E-state index in [4.69, 9.17) is 0 Å². The first-order valence-corrected chi connectivity index (χ1v) is 6.80. The lowest BCUT2D eigenvalue weighted by atomic mass is 10.00. The summed E-state index contributed by atoms with van der Waals surface area (Å²) in [6, 6.07) is 9.26. The van der Waals surface area contributed by atoms with E-state index in [-0.39, 0.29) is 6.04 Å². The first kappa shape index (κ1) is 12.3. The van der Waals surface area contributed by atoms with Gasteiger partial charge in [0.2, 0.25) is 0 Å². The number of rotatable bonds is 5. The molecule has 1 heterocycles. The molecule has 5 heteroatoms. The van der Waals surface area contributed by atoms with Crippen LogP contribution in [0.3, 0.4) is 0 Å². The fourth-order valence-electron chi connectivity index (χ4n) is 2.40. The Bertz CT molecular complexity index is 515. The number of H-pyrrole nitrogens is 1. The Morgan fingerprint density at radius 3 is 2.58 bits per heavy atom. The van der Waals surface area contributed by atoms with E-state index >= 15 is 0 Å². The molecule has 0 saturated heterocycles. The Hall–Kier alpha value is -1.75. The SMILES string of the molecule is Cc1ccc(C(NC(C)c2nn[nH]n2)C2CC2)cc1. The molecule has 5 nitrogen and oxygen atoms in total. The van der Waals surface area contributed by atoms with Crippen molar-refractivity contribution >= 4 is 0 Å². The third kappa shape index (κ3) is 2.81. The maximum atomic E-state index is 4.05. The lowest BCUT2D eigenvalue weighted by molar-refractivity contribution is 0.416. The zero-order valence-corrected chi connectivity index (χ0v) is 11.3. The predicted molar refractivity (Wildman–Crippen MR) is 72.4 cm³/mol. The van der Waals surface area contributed by atoms with Crippen molar-refractivity contribution in [1.82, 2.24) is 25.9 Å². The fraction of sp³-hybridized carbons (Fsp3) is 0.500.